The van der Waals surface area contributed by atoms with E-state index in [0.717, 1.165) is 80.0 Å². The molecule has 1 spiro atoms. The summed E-state index contributed by atoms with van der Waals surface area (Å²) in [4.78, 5) is 23.2. The number of benzene rings is 3. The summed E-state index contributed by atoms with van der Waals surface area (Å²) < 4.78 is 0. The molecule has 1 fully saturated rings. The van der Waals surface area contributed by atoms with E-state index in [2.05, 4.69) is 75.8 Å². The van der Waals surface area contributed by atoms with Gasteiger partial charge in [-0.05, 0) is 59.4 Å². The number of nitrogens with zero attached hydrogens (tertiary/aromatic N) is 3. The Morgan fingerprint density at radius 2 is 1.47 bits per heavy atom. The van der Waals surface area contributed by atoms with Crippen LogP contribution in [0.3, 0.4) is 0 Å². The lowest BCUT2D eigenvalue weighted by Crippen LogP contribution is -2.45. The molecule has 0 bridgehead atoms. The van der Waals surface area contributed by atoms with Gasteiger partial charge in [-0.3, -0.25) is 19.6 Å². The number of hydrogen-bond acceptors (Lipinski definition) is 4. The van der Waals surface area contributed by atoms with Crippen molar-refractivity contribution in [3.05, 3.63) is 107 Å². The number of piperazine rings is 1. The number of aromatic nitrogens is 1. The van der Waals surface area contributed by atoms with Gasteiger partial charge in [0.2, 0.25) is 5.91 Å². The van der Waals surface area contributed by atoms with Crippen LogP contribution < -0.4 is 5.32 Å². The second-order valence-corrected chi connectivity index (χ2v) is 10.6. The summed E-state index contributed by atoms with van der Waals surface area (Å²) in [6.45, 7) is 6.20. The summed E-state index contributed by atoms with van der Waals surface area (Å²) in [5.41, 5.74) is 7.70. The van der Waals surface area contributed by atoms with Gasteiger partial charge >= 0.3 is 0 Å². The van der Waals surface area contributed by atoms with Gasteiger partial charge in [0, 0.05) is 50.3 Å². The highest BCUT2D eigenvalue weighted by Gasteiger charge is 2.50. The first-order chi connectivity index (χ1) is 17.7. The molecule has 4 aromatic rings. The Morgan fingerprint density at radius 1 is 0.778 bits per heavy atom. The first-order valence-electron chi connectivity index (χ1n) is 13.0. The average molecular weight is 475 g/mol. The minimum atomic E-state index is -0.474. The van der Waals surface area contributed by atoms with Gasteiger partial charge < -0.3 is 5.32 Å². The van der Waals surface area contributed by atoms with Crippen LogP contribution in [-0.4, -0.2) is 46.9 Å². The van der Waals surface area contributed by atoms with Crippen molar-refractivity contribution in [3.63, 3.8) is 0 Å². The van der Waals surface area contributed by atoms with E-state index in [1.807, 2.05) is 18.2 Å². The highest BCUT2D eigenvalue weighted by molar-refractivity contribution is 6.07. The lowest BCUT2D eigenvalue weighted by Gasteiger charge is -2.34. The summed E-state index contributed by atoms with van der Waals surface area (Å²) in [6, 6.07) is 27.7. The van der Waals surface area contributed by atoms with Gasteiger partial charge in [0.05, 0.1) is 16.6 Å². The van der Waals surface area contributed by atoms with Crippen LogP contribution in [0.4, 0.5) is 5.69 Å². The van der Waals surface area contributed by atoms with Crippen molar-refractivity contribution < 1.29 is 4.79 Å². The minimum absolute atomic E-state index is 0.129. The monoisotopic (exact) mass is 474 g/mol. The molecule has 1 aliphatic carbocycles. The van der Waals surface area contributed by atoms with E-state index >= 15 is 0 Å². The molecule has 3 aliphatic rings. The molecule has 1 amide bonds. The molecule has 1 aromatic heterocycles. The standard InChI is InChI=1S/C31H30N4O/c36-30-31(27-8-4-5-9-28(27)33-30)18-24-16-23-10-11-26(32-29(23)17-25(24)19-31)21-35-14-12-34(13-15-35)20-22-6-2-1-3-7-22/h1-11,16-17H,12-15,18-21H2,(H,33,36). The summed E-state index contributed by atoms with van der Waals surface area (Å²) in [7, 11) is 0. The van der Waals surface area contributed by atoms with Crippen molar-refractivity contribution in [1.82, 2.24) is 14.8 Å². The molecule has 0 saturated carbocycles. The maximum atomic E-state index is 13.1. The van der Waals surface area contributed by atoms with Crippen molar-refractivity contribution in [2.24, 2.45) is 0 Å². The number of para-hydroxylation sites is 1. The first kappa shape index (κ1) is 21.7. The van der Waals surface area contributed by atoms with Crippen LogP contribution in [0.15, 0.2) is 78.9 Å². The van der Waals surface area contributed by atoms with Gasteiger partial charge in [-0.1, -0.05) is 54.6 Å². The van der Waals surface area contributed by atoms with Gasteiger partial charge in [-0.2, -0.15) is 0 Å². The molecule has 1 saturated heterocycles. The van der Waals surface area contributed by atoms with Gasteiger partial charge in [-0.25, -0.2) is 0 Å². The predicted molar refractivity (Wildman–Crippen MR) is 143 cm³/mol. The van der Waals surface area contributed by atoms with Crippen molar-refractivity contribution in [3.8, 4) is 0 Å². The number of hydrogen-bond donors (Lipinski definition) is 1. The van der Waals surface area contributed by atoms with Crippen LogP contribution in [0.1, 0.15) is 27.9 Å². The highest BCUT2D eigenvalue weighted by atomic mass is 16.2. The smallest absolute Gasteiger partial charge is 0.235 e. The average Bonchev–Trinajstić information content (AvgIpc) is 3.41. The van der Waals surface area contributed by atoms with Crippen LogP contribution in [0.25, 0.3) is 10.9 Å². The zero-order valence-electron chi connectivity index (χ0n) is 20.4. The molecule has 2 aliphatic heterocycles. The Hall–Kier alpha value is -3.54. The molecule has 1 N–H and O–H groups in total. The largest absolute Gasteiger partial charge is 0.325 e. The number of nitrogens with one attached hydrogen (secondary N) is 1. The predicted octanol–water partition coefficient (Wildman–Crippen LogP) is 4.54. The quantitative estimate of drug-likeness (QED) is 0.472. The Balaban J connectivity index is 1.06. The zero-order valence-corrected chi connectivity index (χ0v) is 20.4. The Kier molecular flexibility index (Phi) is 5.15. The number of fused-ring (bicyclic) bond motifs is 4. The molecule has 5 nitrogen and oxygen atoms in total. The second kappa shape index (κ2) is 8.54. The molecule has 7 rings (SSSR count). The van der Waals surface area contributed by atoms with Crippen molar-refractivity contribution in [2.45, 2.75) is 31.3 Å². The summed E-state index contributed by atoms with van der Waals surface area (Å²) in [5, 5.41) is 4.28. The SMILES string of the molecule is O=C1Nc2ccccc2C12Cc1cc3ccc(CN4CCN(Cc5ccccc5)CC4)nc3cc1C2. The highest BCUT2D eigenvalue weighted by Crippen LogP contribution is 2.47. The fourth-order valence-electron chi connectivity index (χ4n) is 6.33. The lowest BCUT2D eigenvalue weighted by atomic mass is 9.79. The normalized spacial score (nSPS) is 21.6. The molecule has 0 radical (unpaired) electrons. The second-order valence-electron chi connectivity index (χ2n) is 10.6. The van der Waals surface area contributed by atoms with Crippen molar-refractivity contribution >= 4 is 22.5 Å². The summed E-state index contributed by atoms with van der Waals surface area (Å²) in [6.07, 6.45) is 1.51. The first-order valence-corrected chi connectivity index (χ1v) is 13.0. The third kappa shape index (κ3) is 3.71. The number of rotatable bonds is 4. The van der Waals surface area contributed by atoms with Gasteiger partial charge in [-0.15, -0.1) is 0 Å². The van der Waals surface area contributed by atoms with Crippen LogP contribution in [0.5, 0.6) is 0 Å². The van der Waals surface area contributed by atoms with E-state index in [-0.39, 0.29) is 5.91 Å². The van der Waals surface area contributed by atoms with E-state index in [1.165, 1.54) is 16.7 Å². The molecular weight excluding hydrogens is 444 g/mol. The molecule has 5 heteroatoms. The lowest BCUT2D eigenvalue weighted by molar-refractivity contribution is -0.120. The number of pyridine rings is 1. The number of carbonyl (C=O) groups is 1. The van der Waals surface area contributed by atoms with Crippen LogP contribution in [0, 0.1) is 0 Å². The van der Waals surface area contributed by atoms with E-state index in [4.69, 9.17) is 4.98 Å². The van der Waals surface area contributed by atoms with Gasteiger partial charge in [0.1, 0.15) is 0 Å². The molecule has 3 aromatic carbocycles. The van der Waals surface area contributed by atoms with Gasteiger partial charge in [0.15, 0.2) is 0 Å². The Morgan fingerprint density at radius 3 is 2.28 bits per heavy atom. The number of amides is 1. The molecular formula is C31H30N4O. The van der Waals surface area contributed by atoms with E-state index in [0.29, 0.717) is 0 Å². The Labute approximate surface area is 211 Å². The molecule has 36 heavy (non-hydrogen) atoms. The van der Waals surface area contributed by atoms with Crippen LogP contribution in [0.2, 0.25) is 0 Å². The fraction of sp³-hybridized carbons (Fsp3) is 0.290. The third-order valence-electron chi connectivity index (χ3n) is 8.28. The fourth-order valence-corrected chi connectivity index (χ4v) is 6.33. The van der Waals surface area contributed by atoms with Crippen molar-refractivity contribution in [2.75, 3.05) is 31.5 Å². The molecule has 1 unspecified atom stereocenters. The maximum Gasteiger partial charge on any atom is 0.235 e. The zero-order chi connectivity index (χ0) is 24.1. The van der Waals surface area contributed by atoms with Gasteiger partial charge in [0.25, 0.3) is 0 Å². The molecule has 1 atom stereocenters. The Bertz CT molecular complexity index is 1460. The maximum absolute atomic E-state index is 13.1. The molecule has 3 heterocycles. The van der Waals surface area contributed by atoms with Crippen LogP contribution >= 0.6 is 0 Å². The number of anilines is 1. The van der Waals surface area contributed by atoms with Crippen LogP contribution in [-0.2, 0) is 36.1 Å². The summed E-state index contributed by atoms with van der Waals surface area (Å²) >= 11 is 0. The molecule has 180 valence electrons. The third-order valence-corrected chi connectivity index (χ3v) is 8.28. The summed E-state index contributed by atoms with van der Waals surface area (Å²) in [5.74, 6) is 0.129. The van der Waals surface area contributed by atoms with Crippen molar-refractivity contribution in [1.29, 1.82) is 0 Å². The van der Waals surface area contributed by atoms with E-state index in [9.17, 15) is 4.79 Å². The minimum Gasteiger partial charge on any atom is -0.325 e. The van der Waals surface area contributed by atoms with E-state index in [1.54, 1.807) is 0 Å². The topological polar surface area (TPSA) is 48.5 Å². The van der Waals surface area contributed by atoms with E-state index < -0.39 is 5.41 Å². The number of carbonyl (C=O) groups excluding carboxylic acids is 1.